The maximum absolute atomic E-state index is 12.4. The third-order valence-electron chi connectivity index (χ3n) is 4.55. The lowest BCUT2D eigenvalue weighted by molar-refractivity contribution is -0.139. The molecule has 26 heavy (non-hydrogen) atoms. The fourth-order valence-corrected chi connectivity index (χ4v) is 3.14. The zero-order valence-corrected chi connectivity index (χ0v) is 14.1. The van der Waals surface area contributed by atoms with Crippen LogP contribution in [0.3, 0.4) is 0 Å². The maximum Gasteiger partial charge on any atom is 0.327 e. The van der Waals surface area contributed by atoms with Gasteiger partial charge >= 0.3 is 12.0 Å². The topological polar surface area (TPSA) is 93.4 Å². The molecular weight excluding hydrogens is 330 g/mol. The number of carbonyl (C=O) groups is 2. The smallest absolute Gasteiger partial charge is 0.327 e. The molecule has 0 bridgehead atoms. The highest BCUT2D eigenvalue weighted by Crippen LogP contribution is 2.29. The highest BCUT2D eigenvalue weighted by molar-refractivity contribution is 5.84. The second kappa shape index (κ2) is 7.70. The Morgan fingerprint density at radius 2 is 1.54 bits per heavy atom. The molecule has 1 aliphatic rings. The van der Waals surface area contributed by atoms with Crippen molar-refractivity contribution < 1.29 is 14.7 Å². The molecule has 2 aromatic carbocycles. The van der Waals surface area contributed by atoms with Gasteiger partial charge in [-0.1, -0.05) is 60.7 Å². The van der Waals surface area contributed by atoms with E-state index in [1.54, 1.807) is 0 Å². The summed E-state index contributed by atoms with van der Waals surface area (Å²) in [6.07, 6.45) is 0. The molecule has 1 fully saturated rings. The molecule has 6 nitrogen and oxygen atoms in total. The molecule has 0 aromatic heterocycles. The van der Waals surface area contributed by atoms with Crippen molar-refractivity contribution in [3.05, 3.63) is 71.8 Å². The average molecular weight is 349 g/mol. The minimum Gasteiger partial charge on any atom is -0.480 e. The molecule has 2 amide bonds. The zero-order chi connectivity index (χ0) is 18.5. The van der Waals surface area contributed by atoms with Gasteiger partial charge < -0.3 is 15.3 Å². The van der Waals surface area contributed by atoms with Gasteiger partial charge in [0, 0.05) is 19.0 Å². The van der Waals surface area contributed by atoms with Crippen LogP contribution in [0.25, 0.3) is 0 Å². The van der Waals surface area contributed by atoms with Gasteiger partial charge in [-0.25, -0.2) is 9.59 Å². The van der Waals surface area contributed by atoms with Crippen molar-refractivity contribution in [2.24, 2.45) is 5.92 Å². The third kappa shape index (κ3) is 3.67. The lowest BCUT2D eigenvalue weighted by Crippen LogP contribution is -2.57. The first kappa shape index (κ1) is 17.5. The van der Waals surface area contributed by atoms with Crippen molar-refractivity contribution in [2.75, 3.05) is 13.1 Å². The molecule has 0 radical (unpaired) electrons. The molecule has 0 unspecified atom stereocenters. The molecule has 6 heteroatoms. The summed E-state index contributed by atoms with van der Waals surface area (Å²) in [5.41, 5.74) is 1.62. The summed E-state index contributed by atoms with van der Waals surface area (Å²) >= 11 is 0. The van der Waals surface area contributed by atoms with Crippen LogP contribution in [0.5, 0.6) is 0 Å². The monoisotopic (exact) mass is 349 g/mol. The van der Waals surface area contributed by atoms with E-state index in [1.165, 1.54) is 4.90 Å². The van der Waals surface area contributed by atoms with Crippen molar-refractivity contribution in [1.82, 2.24) is 10.2 Å². The van der Waals surface area contributed by atoms with Crippen LogP contribution in [0.15, 0.2) is 60.7 Å². The minimum absolute atomic E-state index is 0.178. The molecule has 2 N–H and O–H groups in total. The number of aliphatic carboxylic acids is 1. The van der Waals surface area contributed by atoms with E-state index in [4.69, 9.17) is 5.26 Å². The number of nitriles is 1. The summed E-state index contributed by atoms with van der Waals surface area (Å²) in [5.74, 6) is -1.80. The van der Waals surface area contributed by atoms with Crippen LogP contribution >= 0.6 is 0 Å². The summed E-state index contributed by atoms with van der Waals surface area (Å²) in [6, 6.07) is 19.1. The number of amides is 2. The number of urea groups is 1. The first-order valence-electron chi connectivity index (χ1n) is 8.38. The maximum atomic E-state index is 12.4. The van der Waals surface area contributed by atoms with Crippen molar-refractivity contribution in [1.29, 1.82) is 5.26 Å². The number of likely N-dealkylation sites (tertiary alicyclic amines) is 1. The average Bonchev–Trinajstić information content (AvgIpc) is 2.62. The summed E-state index contributed by atoms with van der Waals surface area (Å²) < 4.78 is 0. The van der Waals surface area contributed by atoms with E-state index in [-0.39, 0.29) is 5.92 Å². The normalized spacial score (nSPS) is 15.0. The second-order valence-electron chi connectivity index (χ2n) is 6.30. The van der Waals surface area contributed by atoms with Crippen molar-refractivity contribution in [3.8, 4) is 6.07 Å². The Morgan fingerprint density at radius 1 is 1.04 bits per heavy atom. The van der Waals surface area contributed by atoms with Crippen LogP contribution in [0.4, 0.5) is 4.79 Å². The van der Waals surface area contributed by atoms with Crippen molar-refractivity contribution >= 4 is 12.0 Å². The SMILES string of the molecule is N#CC1CN(C(=O)N[C@@H](C(=O)O)C(c2ccccc2)c2ccccc2)C1. The number of nitrogens with zero attached hydrogens (tertiary/aromatic N) is 2. The van der Waals surface area contributed by atoms with Gasteiger partial charge in [-0.15, -0.1) is 0 Å². The molecule has 1 aliphatic heterocycles. The van der Waals surface area contributed by atoms with Gasteiger partial charge in [0.15, 0.2) is 0 Å². The first-order valence-corrected chi connectivity index (χ1v) is 8.38. The molecule has 0 spiro atoms. The van der Waals surface area contributed by atoms with Gasteiger partial charge in [0.05, 0.1) is 12.0 Å². The number of carboxylic acid groups (broad SMARTS) is 1. The lowest BCUT2D eigenvalue weighted by Gasteiger charge is -2.37. The summed E-state index contributed by atoms with van der Waals surface area (Å²) in [7, 11) is 0. The molecular formula is C20H19N3O3. The molecule has 2 aromatic rings. The number of rotatable bonds is 5. The first-order chi connectivity index (χ1) is 12.6. The number of hydrogen-bond donors (Lipinski definition) is 2. The van der Waals surface area contributed by atoms with Gasteiger partial charge in [0.1, 0.15) is 6.04 Å². The Bertz CT molecular complexity index is 772. The Labute approximate surface area is 151 Å². The third-order valence-corrected chi connectivity index (χ3v) is 4.55. The van der Waals surface area contributed by atoms with E-state index in [1.807, 2.05) is 60.7 Å². The van der Waals surface area contributed by atoms with Crippen LogP contribution in [0, 0.1) is 17.2 Å². The van der Waals surface area contributed by atoms with Crippen LogP contribution in [-0.4, -0.2) is 41.1 Å². The molecule has 1 atom stereocenters. The van der Waals surface area contributed by atoms with E-state index < -0.39 is 24.0 Å². The Morgan fingerprint density at radius 3 is 1.96 bits per heavy atom. The van der Waals surface area contributed by atoms with Gasteiger partial charge in [-0.05, 0) is 11.1 Å². The molecule has 1 saturated heterocycles. The number of carboxylic acids is 1. The van der Waals surface area contributed by atoms with Crippen molar-refractivity contribution in [3.63, 3.8) is 0 Å². The van der Waals surface area contributed by atoms with E-state index in [2.05, 4.69) is 11.4 Å². The van der Waals surface area contributed by atoms with E-state index >= 15 is 0 Å². The summed E-state index contributed by atoms with van der Waals surface area (Å²) in [6.45, 7) is 0.659. The molecule has 0 saturated carbocycles. The van der Waals surface area contributed by atoms with Crippen LogP contribution in [0.1, 0.15) is 17.0 Å². The highest BCUT2D eigenvalue weighted by atomic mass is 16.4. The molecule has 0 aliphatic carbocycles. The van der Waals surface area contributed by atoms with Crippen molar-refractivity contribution in [2.45, 2.75) is 12.0 Å². The number of hydrogen-bond acceptors (Lipinski definition) is 3. The highest BCUT2D eigenvalue weighted by Gasteiger charge is 2.36. The van der Waals surface area contributed by atoms with Gasteiger partial charge in [0.25, 0.3) is 0 Å². The number of benzene rings is 2. The summed E-state index contributed by atoms with van der Waals surface area (Å²) in [5, 5.41) is 21.3. The van der Waals surface area contributed by atoms with Crippen LogP contribution in [0.2, 0.25) is 0 Å². The lowest BCUT2D eigenvalue weighted by atomic mass is 9.85. The van der Waals surface area contributed by atoms with E-state index in [0.29, 0.717) is 13.1 Å². The molecule has 132 valence electrons. The predicted octanol–water partition coefficient (Wildman–Crippen LogP) is 2.44. The standard InChI is InChI=1S/C20H19N3O3/c21-11-14-12-23(13-14)20(26)22-18(19(24)25)17(15-7-3-1-4-8-15)16-9-5-2-6-10-16/h1-10,14,17-18H,12-13H2,(H,22,26)(H,24,25)/t18-/m1/s1. The van der Waals surface area contributed by atoms with Gasteiger partial charge in [0.2, 0.25) is 0 Å². The van der Waals surface area contributed by atoms with Gasteiger partial charge in [-0.3, -0.25) is 0 Å². The van der Waals surface area contributed by atoms with E-state index in [0.717, 1.165) is 11.1 Å². The Balaban J connectivity index is 1.88. The number of nitrogens with one attached hydrogen (secondary N) is 1. The molecule has 3 rings (SSSR count). The Hall–Kier alpha value is -3.33. The van der Waals surface area contributed by atoms with Gasteiger partial charge in [-0.2, -0.15) is 5.26 Å². The molecule has 1 heterocycles. The quantitative estimate of drug-likeness (QED) is 0.867. The zero-order valence-electron chi connectivity index (χ0n) is 14.1. The van der Waals surface area contributed by atoms with E-state index in [9.17, 15) is 14.7 Å². The number of carbonyl (C=O) groups excluding carboxylic acids is 1. The Kier molecular flexibility index (Phi) is 5.18. The van der Waals surface area contributed by atoms with Crippen LogP contribution < -0.4 is 5.32 Å². The largest absolute Gasteiger partial charge is 0.480 e. The predicted molar refractivity (Wildman–Crippen MR) is 95.4 cm³/mol. The van der Waals surface area contributed by atoms with Crippen LogP contribution in [-0.2, 0) is 4.79 Å². The summed E-state index contributed by atoms with van der Waals surface area (Å²) in [4.78, 5) is 25.9. The fourth-order valence-electron chi connectivity index (χ4n) is 3.14. The minimum atomic E-state index is -1.12. The fraction of sp³-hybridized carbons (Fsp3) is 0.250. The second-order valence-corrected chi connectivity index (χ2v) is 6.30.